The molecule has 0 aliphatic rings. The number of fused-ring (bicyclic) bond motifs is 1. The van der Waals surface area contributed by atoms with Gasteiger partial charge in [-0.05, 0) is 18.2 Å². The van der Waals surface area contributed by atoms with Gasteiger partial charge in [-0.25, -0.2) is 14.4 Å². The predicted octanol–water partition coefficient (Wildman–Crippen LogP) is 4.53. The Labute approximate surface area is 142 Å². The Morgan fingerprint density at radius 1 is 1.35 bits per heavy atom. The van der Waals surface area contributed by atoms with E-state index >= 15 is 0 Å². The molecule has 0 radical (unpaired) electrons. The molecule has 5 nitrogen and oxygen atoms in total. The molecule has 23 heavy (non-hydrogen) atoms. The minimum absolute atomic E-state index is 0.0559. The fourth-order valence-corrected chi connectivity index (χ4v) is 2.31. The number of ether oxygens (including phenoxy) is 1. The van der Waals surface area contributed by atoms with Crippen molar-refractivity contribution in [3.8, 4) is 11.5 Å². The quantitative estimate of drug-likeness (QED) is 0.676. The van der Waals surface area contributed by atoms with Gasteiger partial charge in [-0.2, -0.15) is 0 Å². The Morgan fingerprint density at radius 3 is 2.87 bits per heavy atom. The van der Waals surface area contributed by atoms with Gasteiger partial charge in [-0.3, -0.25) is 0 Å². The van der Waals surface area contributed by atoms with Crippen molar-refractivity contribution in [2.45, 2.75) is 0 Å². The van der Waals surface area contributed by atoms with Crippen LogP contribution in [0.4, 0.5) is 15.9 Å². The summed E-state index contributed by atoms with van der Waals surface area (Å²) in [5, 5.41) is 12.7. The monoisotopic (exact) mass is 354 g/mol. The summed E-state index contributed by atoms with van der Waals surface area (Å²) >= 11 is 11.5. The summed E-state index contributed by atoms with van der Waals surface area (Å²) in [6.45, 7) is 0. The van der Waals surface area contributed by atoms with Crippen molar-refractivity contribution >= 4 is 45.6 Å². The van der Waals surface area contributed by atoms with E-state index in [4.69, 9.17) is 29.3 Å². The molecule has 118 valence electrons. The topological polar surface area (TPSA) is 67.3 Å². The number of aromatic nitrogens is 2. The van der Waals surface area contributed by atoms with Crippen LogP contribution in [0.5, 0.6) is 11.5 Å². The summed E-state index contributed by atoms with van der Waals surface area (Å²) in [4.78, 5) is 8.11. The van der Waals surface area contributed by atoms with E-state index in [1.807, 2.05) is 0 Å². The van der Waals surface area contributed by atoms with E-state index in [-0.39, 0.29) is 39.1 Å². The lowest BCUT2D eigenvalue weighted by molar-refractivity contribution is 0.374. The first-order valence-corrected chi connectivity index (χ1v) is 7.10. The highest BCUT2D eigenvalue weighted by Crippen LogP contribution is 2.35. The molecule has 0 bridgehead atoms. The maximum atomic E-state index is 14.3. The van der Waals surface area contributed by atoms with Crippen molar-refractivity contribution < 1.29 is 15.6 Å². The number of phenolic OH excluding ortho intramolecular Hbond substituents is 1. The molecule has 8 heteroatoms. The average molecular weight is 355 g/mol. The van der Waals surface area contributed by atoms with Crippen LogP contribution in [-0.2, 0) is 0 Å². The van der Waals surface area contributed by atoms with E-state index in [0.717, 1.165) is 0 Å². The highest BCUT2D eigenvalue weighted by Gasteiger charge is 2.14. The van der Waals surface area contributed by atoms with Crippen LogP contribution in [0.1, 0.15) is 1.37 Å². The van der Waals surface area contributed by atoms with Gasteiger partial charge in [0.1, 0.15) is 12.1 Å². The number of aromatic hydroxyl groups is 1. The summed E-state index contributed by atoms with van der Waals surface area (Å²) in [6, 6.07) is 3.94. The van der Waals surface area contributed by atoms with Crippen molar-refractivity contribution in [3.63, 3.8) is 0 Å². The lowest BCUT2D eigenvalue weighted by Gasteiger charge is -2.11. The molecular weight excluding hydrogens is 344 g/mol. The normalized spacial score (nSPS) is 11.4. The number of methoxy groups -OCH3 is 1. The number of phenols is 1. The third-order valence-electron chi connectivity index (χ3n) is 3.14. The summed E-state index contributed by atoms with van der Waals surface area (Å²) in [5.74, 6) is -0.542. The zero-order valence-electron chi connectivity index (χ0n) is 12.7. The molecular formula is C15H10Cl2FN3O2. The molecule has 0 fully saturated rings. The molecule has 1 heterocycles. The number of nitrogens with one attached hydrogen (secondary N) is 1. The smallest absolute Gasteiger partial charge is 0.166 e. The second-order valence-electron chi connectivity index (χ2n) is 4.53. The molecule has 0 saturated carbocycles. The second-order valence-corrected chi connectivity index (χ2v) is 5.31. The molecule has 0 aliphatic heterocycles. The van der Waals surface area contributed by atoms with E-state index in [0.29, 0.717) is 10.9 Å². The molecule has 1 aromatic heterocycles. The number of rotatable bonds is 3. The van der Waals surface area contributed by atoms with Gasteiger partial charge in [0.05, 0.1) is 29.7 Å². The Balaban J connectivity index is 2.15. The first-order valence-electron chi connectivity index (χ1n) is 6.85. The molecule has 3 rings (SSSR count). The number of halogens is 3. The number of anilines is 2. The molecule has 0 unspecified atom stereocenters. The Bertz CT molecular complexity index is 956. The van der Waals surface area contributed by atoms with Crippen molar-refractivity contribution in [1.82, 2.24) is 9.97 Å². The van der Waals surface area contributed by atoms with Gasteiger partial charge in [0, 0.05) is 11.5 Å². The molecule has 0 atom stereocenters. The highest BCUT2D eigenvalue weighted by atomic mass is 35.5. The maximum Gasteiger partial charge on any atom is 0.166 e. The molecule has 0 amide bonds. The van der Waals surface area contributed by atoms with Gasteiger partial charge in [0.15, 0.2) is 17.3 Å². The van der Waals surface area contributed by atoms with E-state index < -0.39 is 5.82 Å². The van der Waals surface area contributed by atoms with Crippen molar-refractivity contribution in [1.29, 1.82) is 0 Å². The zero-order chi connectivity index (χ0) is 17.4. The fourth-order valence-electron chi connectivity index (χ4n) is 2.02. The van der Waals surface area contributed by atoms with Crippen LogP contribution in [0.3, 0.4) is 0 Å². The van der Waals surface area contributed by atoms with Crippen LogP contribution >= 0.6 is 23.2 Å². The van der Waals surface area contributed by atoms with Gasteiger partial charge < -0.3 is 15.2 Å². The van der Waals surface area contributed by atoms with Gasteiger partial charge in [-0.1, -0.05) is 23.2 Å². The molecule has 0 saturated heterocycles. The van der Waals surface area contributed by atoms with E-state index in [2.05, 4.69) is 15.3 Å². The molecule has 0 aliphatic carbocycles. The van der Waals surface area contributed by atoms with Crippen LogP contribution in [-0.4, -0.2) is 22.2 Å². The first kappa shape index (κ1) is 14.3. The standard InChI is InChI=1S/C15H10Cl2FN3O2/c1-23-12-5-10-7(4-11(12)22)15(20-6-19-10)21-9-3-2-8(16)13(17)14(9)18/h2-6,22H,1H3,(H,19,20,21)/i3D. The fraction of sp³-hybridized carbons (Fsp3) is 0.0667. The summed E-state index contributed by atoms with van der Waals surface area (Å²) in [6.07, 6.45) is 1.26. The lowest BCUT2D eigenvalue weighted by atomic mass is 10.2. The van der Waals surface area contributed by atoms with Gasteiger partial charge in [0.2, 0.25) is 0 Å². The van der Waals surface area contributed by atoms with Crippen LogP contribution in [0.25, 0.3) is 10.9 Å². The largest absolute Gasteiger partial charge is 0.504 e. The van der Waals surface area contributed by atoms with Gasteiger partial charge in [-0.15, -0.1) is 0 Å². The van der Waals surface area contributed by atoms with Crippen molar-refractivity contribution in [2.75, 3.05) is 12.4 Å². The third-order valence-corrected chi connectivity index (χ3v) is 3.91. The van der Waals surface area contributed by atoms with E-state index in [1.54, 1.807) is 0 Å². The molecule has 2 N–H and O–H groups in total. The van der Waals surface area contributed by atoms with Crippen LogP contribution in [0.2, 0.25) is 10.0 Å². The SMILES string of the molecule is [2H]c1cc(Cl)c(Cl)c(F)c1Nc1ncnc2cc(OC)c(O)cc12. The van der Waals surface area contributed by atoms with Crippen LogP contribution in [0, 0.1) is 5.82 Å². The third kappa shape index (κ3) is 2.83. The van der Waals surface area contributed by atoms with E-state index in [9.17, 15) is 9.50 Å². The van der Waals surface area contributed by atoms with Gasteiger partial charge >= 0.3 is 0 Å². The summed E-state index contributed by atoms with van der Waals surface area (Å²) < 4.78 is 27.2. The number of hydrogen-bond donors (Lipinski definition) is 2. The highest BCUT2D eigenvalue weighted by molar-refractivity contribution is 6.42. The van der Waals surface area contributed by atoms with Gasteiger partial charge in [0.25, 0.3) is 0 Å². The second kappa shape index (κ2) is 6.06. The Hall–Kier alpha value is -2.31. The predicted molar refractivity (Wildman–Crippen MR) is 87.5 cm³/mol. The average Bonchev–Trinajstić information content (AvgIpc) is 2.56. The molecule has 3 aromatic rings. The zero-order valence-corrected chi connectivity index (χ0v) is 13.2. The van der Waals surface area contributed by atoms with E-state index in [1.165, 1.54) is 31.6 Å². The van der Waals surface area contributed by atoms with Crippen LogP contribution in [0.15, 0.2) is 30.6 Å². The molecule has 0 spiro atoms. The summed E-state index contributed by atoms with van der Waals surface area (Å²) in [7, 11) is 1.42. The minimum atomic E-state index is -0.862. The Kier molecular flexibility index (Phi) is 3.77. The number of benzene rings is 2. The van der Waals surface area contributed by atoms with Crippen molar-refractivity contribution in [2.24, 2.45) is 0 Å². The number of hydrogen-bond acceptors (Lipinski definition) is 5. The summed E-state index contributed by atoms with van der Waals surface area (Å²) in [5.41, 5.74) is 0.286. The number of nitrogens with zero attached hydrogens (tertiary/aromatic N) is 2. The van der Waals surface area contributed by atoms with Crippen molar-refractivity contribution in [3.05, 3.63) is 46.4 Å². The minimum Gasteiger partial charge on any atom is -0.504 e. The molecule has 2 aromatic carbocycles. The Morgan fingerprint density at radius 2 is 2.13 bits per heavy atom. The maximum absolute atomic E-state index is 14.3. The first-order chi connectivity index (χ1) is 11.4. The lowest BCUT2D eigenvalue weighted by Crippen LogP contribution is -1.99. The van der Waals surface area contributed by atoms with Crippen LogP contribution < -0.4 is 10.1 Å².